The Balaban J connectivity index is 1.78. The van der Waals surface area contributed by atoms with Gasteiger partial charge in [-0.3, -0.25) is 9.98 Å². The first-order valence-electron chi connectivity index (χ1n) is 9.33. The molecule has 2 heteroatoms. The number of aryl methyl sites for hydroxylation is 1. The van der Waals surface area contributed by atoms with E-state index < -0.39 is 0 Å². The van der Waals surface area contributed by atoms with E-state index in [1.54, 1.807) is 0 Å². The number of hydrogen-bond acceptors (Lipinski definition) is 2. The first-order chi connectivity index (χ1) is 11.4. The van der Waals surface area contributed by atoms with Crippen molar-refractivity contribution in [3.05, 3.63) is 35.5 Å². The van der Waals surface area contributed by atoms with Crippen LogP contribution in [0.15, 0.2) is 29.3 Å². The van der Waals surface area contributed by atoms with E-state index in [2.05, 4.69) is 37.4 Å². The lowest BCUT2D eigenvalue weighted by molar-refractivity contribution is 0.645. The van der Waals surface area contributed by atoms with E-state index in [1.165, 1.54) is 67.3 Å². The van der Waals surface area contributed by atoms with Crippen molar-refractivity contribution in [2.45, 2.75) is 71.1 Å². The van der Waals surface area contributed by atoms with Gasteiger partial charge in [0.25, 0.3) is 0 Å². The number of pyridine rings is 1. The molecule has 0 atom stereocenters. The second kappa shape index (κ2) is 8.24. The first kappa shape index (κ1) is 16.2. The van der Waals surface area contributed by atoms with Crippen molar-refractivity contribution in [2.75, 3.05) is 0 Å². The summed E-state index contributed by atoms with van der Waals surface area (Å²) in [4.78, 5) is 9.78. The van der Waals surface area contributed by atoms with Crippen molar-refractivity contribution in [2.24, 2.45) is 4.99 Å². The molecule has 0 saturated heterocycles. The minimum atomic E-state index is 1.09. The Labute approximate surface area is 140 Å². The highest BCUT2D eigenvalue weighted by molar-refractivity contribution is 5.93. The smallest absolute Gasteiger partial charge is 0.0769 e. The van der Waals surface area contributed by atoms with Crippen molar-refractivity contribution in [3.63, 3.8) is 0 Å². The summed E-state index contributed by atoms with van der Waals surface area (Å²) in [5, 5.41) is 1.22. The topological polar surface area (TPSA) is 25.2 Å². The molecule has 1 aromatic heterocycles. The summed E-state index contributed by atoms with van der Waals surface area (Å²) >= 11 is 0. The van der Waals surface area contributed by atoms with Crippen molar-refractivity contribution in [1.82, 2.24) is 4.98 Å². The fourth-order valence-electron chi connectivity index (χ4n) is 3.49. The standard InChI is InChI=1S/C21H28N2/c1-2-3-4-5-6-11-16-22-21-17-12-7-9-14-19(17)23-20-15-10-8-13-18(20)21/h7,9,12,14,16H,2-6,8,10-11,13,15H2,1H3. The molecular weight excluding hydrogens is 280 g/mol. The van der Waals surface area contributed by atoms with Gasteiger partial charge < -0.3 is 0 Å². The quantitative estimate of drug-likeness (QED) is 0.443. The number of unbranched alkanes of at least 4 members (excludes halogenated alkanes) is 5. The maximum absolute atomic E-state index is 4.90. The lowest BCUT2D eigenvalue weighted by Crippen LogP contribution is -2.06. The lowest BCUT2D eigenvalue weighted by atomic mass is 9.93. The number of aromatic nitrogens is 1. The molecule has 1 heterocycles. The maximum atomic E-state index is 4.90. The van der Waals surface area contributed by atoms with Crippen LogP contribution in [0.3, 0.4) is 0 Å². The molecule has 2 aromatic rings. The molecule has 122 valence electrons. The van der Waals surface area contributed by atoms with Crippen LogP contribution in [-0.2, 0) is 12.8 Å². The summed E-state index contributed by atoms with van der Waals surface area (Å²) in [5.74, 6) is 0. The van der Waals surface area contributed by atoms with Crippen LogP contribution in [-0.4, -0.2) is 11.2 Å². The van der Waals surface area contributed by atoms with Gasteiger partial charge in [0, 0.05) is 17.3 Å². The molecular formula is C21H28N2. The van der Waals surface area contributed by atoms with Gasteiger partial charge in [-0.15, -0.1) is 0 Å². The highest BCUT2D eigenvalue weighted by Gasteiger charge is 2.17. The molecule has 0 fully saturated rings. The third kappa shape index (κ3) is 3.99. The van der Waals surface area contributed by atoms with Gasteiger partial charge in [0.15, 0.2) is 0 Å². The van der Waals surface area contributed by atoms with Crippen LogP contribution in [0.2, 0.25) is 0 Å². The molecule has 0 N–H and O–H groups in total. The normalized spacial score (nSPS) is 14.5. The van der Waals surface area contributed by atoms with Gasteiger partial charge >= 0.3 is 0 Å². The van der Waals surface area contributed by atoms with E-state index in [4.69, 9.17) is 9.98 Å². The number of benzene rings is 1. The molecule has 1 aliphatic carbocycles. The number of hydrogen-bond donors (Lipinski definition) is 0. The van der Waals surface area contributed by atoms with Crippen LogP contribution in [0, 0.1) is 0 Å². The maximum Gasteiger partial charge on any atom is 0.0769 e. The van der Waals surface area contributed by atoms with E-state index in [0.717, 1.165) is 24.8 Å². The van der Waals surface area contributed by atoms with Crippen LogP contribution < -0.4 is 0 Å². The molecule has 0 amide bonds. The van der Waals surface area contributed by atoms with E-state index >= 15 is 0 Å². The van der Waals surface area contributed by atoms with Gasteiger partial charge in [0.2, 0.25) is 0 Å². The Morgan fingerprint density at radius 1 is 1.04 bits per heavy atom. The van der Waals surface area contributed by atoms with Crippen molar-refractivity contribution in [3.8, 4) is 0 Å². The summed E-state index contributed by atoms with van der Waals surface area (Å²) in [6.45, 7) is 2.26. The molecule has 0 saturated carbocycles. The Hall–Kier alpha value is -1.70. The molecule has 23 heavy (non-hydrogen) atoms. The highest BCUT2D eigenvalue weighted by Crippen LogP contribution is 2.35. The van der Waals surface area contributed by atoms with E-state index in [1.807, 2.05) is 0 Å². The SMILES string of the molecule is CCCCCCCC=Nc1c2c(nc3ccccc13)CCCC2. The number of rotatable bonds is 7. The molecule has 0 radical (unpaired) electrons. The largest absolute Gasteiger partial charge is 0.260 e. The molecule has 2 nitrogen and oxygen atoms in total. The second-order valence-electron chi connectivity index (χ2n) is 6.62. The Bertz CT molecular complexity index is 673. The van der Waals surface area contributed by atoms with Gasteiger partial charge in [0.1, 0.15) is 0 Å². The number of aliphatic imine (C=N–C) groups is 1. The molecule has 0 bridgehead atoms. The summed E-state index contributed by atoms with van der Waals surface area (Å²) in [6, 6.07) is 8.47. The highest BCUT2D eigenvalue weighted by atomic mass is 14.8. The Morgan fingerprint density at radius 3 is 2.78 bits per heavy atom. The van der Waals surface area contributed by atoms with Gasteiger partial charge in [-0.1, -0.05) is 50.8 Å². The number of fused-ring (bicyclic) bond motifs is 2. The third-order valence-electron chi connectivity index (χ3n) is 4.80. The van der Waals surface area contributed by atoms with Crippen LogP contribution in [0.1, 0.15) is 69.5 Å². The fourth-order valence-corrected chi connectivity index (χ4v) is 3.49. The van der Waals surface area contributed by atoms with Gasteiger partial charge in [-0.05, 0) is 50.2 Å². The van der Waals surface area contributed by atoms with Crippen LogP contribution in [0.5, 0.6) is 0 Å². The molecule has 1 aromatic carbocycles. The average Bonchev–Trinajstić information content (AvgIpc) is 2.60. The summed E-state index contributed by atoms with van der Waals surface area (Å²) in [6.07, 6.45) is 14.6. The minimum absolute atomic E-state index is 1.09. The van der Waals surface area contributed by atoms with Gasteiger partial charge in [-0.25, -0.2) is 0 Å². The third-order valence-corrected chi connectivity index (χ3v) is 4.80. The molecule has 0 unspecified atom stereocenters. The van der Waals surface area contributed by atoms with Crippen LogP contribution in [0.4, 0.5) is 5.69 Å². The molecule has 1 aliphatic rings. The monoisotopic (exact) mass is 308 g/mol. The second-order valence-corrected chi connectivity index (χ2v) is 6.62. The molecule has 3 rings (SSSR count). The predicted molar refractivity (Wildman–Crippen MR) is 99.9 cm³/mol. The van der Waals surface area contributed by atoms with Crippen LogP contribution >= 0.6 is 0 Å². The van der Waals surface area contributed by atoms with Crippen LogP contribution in [0.25, 0.3) is 10.9 Å². The number of nitrogens with zero attached hydrogens (tertiary/aromatic N) is 2. The lowest BCUT2D eigenvalue weighted by Gasteiger charge is -2.18. The zero-order chi connectivity index (χ0) is 15.9. The van der Waals surface area contributed by atoms with E-state index in [-0.39, 0.29) is 0 Å². The summed E-state index contributed by atoms with van der Waals surface area (Å²) < 4.78 is 0. The predicted octanol–water partition coefficient (Wildman–Crippen LogP) is 6.18. The fraction of sp³-hybridized carbons (Fsp3) is 0.524. The van der Waals surface area contributed by atoms with Gasteiger partial charge in [0.05, 0.1) is 11.2 Å². The first-order valence-corrected chi connectivity index (χ1v) is 9.33. The average molecular weight is 308 g/mol. The zero-order valence-corrected chi connectivity index (χ0v) is 14.4. The molecule has 0 aliphatic heterocycles. The summed E-state index contributed by atoms with van der Waals surface area (Å²) in [7, 11) is 0. The van der Waals surface area contributed by atoms with E-state index in [9.17, 15) is 0 Å². The Kier molecular flexibility index (Phi) is 5.79. The molecule has 0 spiro atoms. The van der Waals surface area contributed by atoms with Crippen molar-refractivity contribution >= 4 is 22.8 Å². The Morgan fingerprint density at radius 2 is 1.87 bits per heavy atom. The zero-order valence-electron chi connectivity index (χ0n) is 14.4. The van der Waals surface area contributed by atoms with Gasteiger partial charge in [-0.2, -0.15) is 0 Å². The number of para-hydroxylation sites is 1. The van der Waals surface area contributed by atoms with Crippen molar-refractivity contribution in [1.29, 1.82) is 0 Å². The van der Waals surface area contributed by atoms with Crippen molar-refractivity contribution < 1.29 is 0 Å². The minimum Gasteiger partial charge on any atom is -0.260 e. The summed E-state index contributed by atoms with van der Waals surface area (Å²) in [5.41, 5.74) is 4.98. The van der Waals surface area contributed by atoms with E-state index in [0.29, 0.717) is 0 Å².